The van der Waals surface area contributed by atoms with E-state index in [1.807, 2.05) is 6.07 Å². The van der Waals surface area contributed by atoms with E-state index in [-0.39, 0.29) is 17.6 Å². The third kappa shape index (κ3) is 3.52. The van der Waals surface area contributed by atoms with E-state index in [0.29, 0.717) is 11.4 Å². The van der Waals surface area contributed by atoms with Gasteiger partial charge >= 0.3 is 5.69 Å². The topological polar surface area (TPSA) is 137 Å². The van der Waals surface area contributed by atoms with E-state index >= 15 is 0 Å². The second-order valence-corrected chi connectivity index (χ2v) is 7.06. The molecule has 0 saturated carbocycles. The summed E-state index contributed by atoms with van der Waals surface area (Å²) in [4.78, 5) is 39.6. The van der Waals surface area contributed by atoms with Crippen molar-refractivity contribution in [3.8, 4) is 0 Å². The predicted molar refractivity (Wildman–Crippen MR) is 108 cm³/mol. The Kier molecular flexibility index (Phi) is 5.20. The number of H-pyrrole nitrogens is 1. The Balaban J connectivity index is 1.69. The van der Waals surface area contributed by atoms with Crippen molar-refractivity contribution in [1.29, 1.82) is 0 Å². The number of anilines is 1. The minimum absolute atomic E-state index is 0.0629. The van der Waals surface area contributed by atoms with Crippen molar-refractivity contribution in [1.82, 2.24) is 9.55 Å². The molecule has 2 aromatic rings. The lowest BCUT2D eigenvalue weighted by atomic mass is 10.1. The molecule has 1 amide bonds. The van der Waals surface area contributed by atoms with Crippen molar-refractivity contribution in [2.75, 3.05) is 11.6 Å². The van der Waals surface area contributed by atoms with Crippen LogP contribution in [0.5, 0.6) is 0 Å². The van der Waals surface area contributed by atoms with E-state index in [4.69, 9.17) is 4.74 Å². The smallest absolute Gasteiger partial charge is 0.330 e. The summed E-state index contributed by atoms with van der Waals surface area (Å²) in [7, 11) is 0. The van der Waals surface area contributed by atoms with Crippen LogP contribution in [-0.4, -0.2) is 50.2 Å². The van der Waals surface area contributed by atoms with Crippen LogP contribution in [0.15, 0.2) is 56.8 Å². The van der Waals surface area contributed by atoms with E-state index in [0.717, 1.165) is 4.57 Å². The number of benzene rings is 1. The van der Waals surface area contributed by atoms with Crippen molar-refractivity contribution in [2.24, 2.45) is 5.10 Å². The van der Waals surface area contributed by atoms with Crippen LogP contribution < -0.4 is 16.3 Å². The van der Waals surface area contributed by atoms with Crippen molar-refractivity contribution < 1.29 is 19.7 Å². The number of rotatable bonds is 4. The largest absolute Gasteiger partial charge is 0.394 e. The van der Waals surface area contributed by atoms with Gasteiger partial charge in [0.05, 0.1) is 35.2 Å². The van der Waals surface area contributed by atoms with E-state index in [2.05, 4.69) is 10.1 Å². The summed E-state index contributed by atoms with van der Waals surface area (Å²) >= 11 is 0. The van der Waals surface area contributed by atoms with E-state index in [9.17, 15) is 24.6 Å². The zero-order valence-electron chi connectivity index (χ0n) is 16.1. The van der Waals surface area contributed by atoms with E-state index in [1.54, 1.807) is 31.2 Å². The number of aliphatic hydroxyl groups is 2. The fourth-order valence-corrected chi connectivity index (χ4v) is 3.45. The minimum Gasteiger partial charge on any atom is -0.394 e. The van der Waals surface area contributed by atoms with Crippen LogP contribution in [0.4, 0.5) is 5.69 Å². The van der Waals surface area contributed by atoms with Crippen molar-refractivity contribution in [3.05, 3.63) is 68.5 Å². The van der Waals surface area contributed by atoms with Crippen molar-refractivity contribution in [3.63, 3.8) is 0 Å². The highest BCUT2D eigenvalue weighted by molar-refractivity contribution is 6.32. The van der Waals surface area contributed by atoms with Crippen LogP contribution in [0.1, 0.15) is 25.1 Å². The number of hydrogen-bond donors (Lipinski definition) is 3. The number of carbonyl (C=O) groups is 1. The van der Waals surface area contributed by atoms with Crippen LogP contribution in [0.2, 0.25) is 0 Å². The Morgan fingerprint density at radius 2 is 2.00 bits per heavy atom. The molecule has 3 atom stereocenters. The van der Waals surface area contributed by atoms with E-state index in [1.165, 1.54) is 17.3 Å². The molecule has 1 aromatic carbocycles. The van der Waals surface area contributed by atoms with E-state index < -0.39 is 42.2 Å². The maximum atomic E-state index is 12.8. The Labute approximate surface area is 170 Å². The molecule has 1 aromatic heterocycles. The molecule has 10 nitrogen and oxygen atoms in total. The molecule has 0 radical (unpaired) electrons. The molecule has 156 valence electrons. The highest BCUT2D eigenvalue weighted by Crippen LogP contribution is 2.28. The Bertz CT molecular complexity index is 1150. The highest BCUT2D eigenvalue weighted by atomic mass is 16.5. The van der Waals surface area contributed by atoms with Gasteiger partial charge in [0.1, 0.15) is 12.3 Å². The van der Waals surface area contributed by atoms with Gasteiger partial charge in [-0.25, -0.2) is 4.79 Å². The molecule has 0 spiro atoms. The van der Waals surface area contributed by atoms with Gasteiger partial charge in [-0.2, -0.15) is 10.1 Å². The third-order valence-corrected chi connectivity index (χ3v) is 5.05. The second kappa shape index (κ2) is 7.82. The Morgan fingerprint density at radius 1 is 1.27 bits per heavy atom. The monoisotopic (exact) mass is 412 g/mol. The first-order valence-electron chi connectivity index (χ1n) is 9.35. The predicted octanol–water partition coefficient (Wildman–Crippen LogP) is -0.0166. The lowest BCUT2D eigenvalue weighted by Gasteiger charge is -2.15. The SMILES string of the molecule is CC1=NN(c2ccccc2)C(=O)/C1=C\c1cn([C@H]2C[C@H](O)[C@@H](CO)O2)c(=O)[nH]c1=O. The first-order valence-corrected chi connectivity index (χ1v) is 9.35. The van der Waals surface area contributed by atoms with Crippen LogP contribution in [0.3, 0.4) is 0 Å². The number of hydrogen-bond acceptors (Lipinski definition) is 7. The minimum atomic E-state index is -0.939. The zero-order chi connectivity index (χ0) is 21.4. The highest BCUT2D eigenvalue weighted by Gasteiger charge is 2.35. The molecule has 1 fully saturated rings. The fraction of sp³-hybridized carbons (Fsp3) is 0.300. The number of ether oxygens (including phenoxy) is 1. The first kappa shape index (κ1) is 20.0. The Hall–Kier alpha value is -3.34. The van der Waals surface area contributed by atoms with Gasteiger partial charge in [0.15, 0.2) is 0 Å². The number of nitrogens with one attached hydrogen (secondary N) is 1. The number of aliphatic hydroxyl groups excluding tert-OH is 2. The molecule has 30 heavy (non-hydrogen) atoms. The van der Waals surface area contributed by atoms with Gasteiger partial charge in [-0.15, -0.1) is 0 Å². The number of para-hydroxylation sites is 1. The molecule has 3 heterocycles. The summed E-state index contributed by atoms with van der Waals surface area (Å²) in [5.74, 6) is -0.399. The molecular weight excluding hydrogens is 392 g/mol. The molecule has 0 bridgehead atoms. The number of hydrazone groups is 1. The maximum absolute atomic E-state index is 12.8. The van der Waals surface area contributed by atoms with Crippen molar-refractivity contribution in [2.45, 2.75) is 31.8 Å². The normalized spacial score (nSPS) is 25.2. The standard InChI is InChI=1S/C20H20N4O6/c1-11-14(19(28)24(22-11)13-5-3-2-4-6-13)7-12-9-23(20(29)21-18(12)27)17-8-15(26)16(10-25)30-17/h2-7,9,15-17,25-26H,8,10H2,1H3,(H,21,27,29)/b14-7-/t15-,16+,17+/m0/s1. The Morgan fingerprint density at radius 3 is 2.67 bits per heavy atom. The van der Waals surface area contributed by atoms with Crippen molar-refractivity contribution >= 4 is 23.4 Å². The summed E-state index contributed by atoms with van der Waals surface area (Å²) in [5.41, 5.74) is -0.0868. The lowest BCUT2D eigenvalue weighted by Crippen LogP contribution is -2.33. The van der Waals surface area contributed by atoms with Gasteiger partial charge < -0.3 is 14.9 Å². The molecule has 1 saturated heterocycles. The lowest BCUT2D eigenvalue weighted by molar-refractivity contribution is -0.114. The van der Waals surface area contributed by atoms with Gasteiger partial charge in [0.2, 0.25) is 0 Å². The zero-order valence-corrected chi connectivity index (χ0v) is 16.1. The number of amides is 1. The van der Waals surface area contributed by atoms with Crippen LogP contribution >= 0.6 is 0 Å². The molecule has 4 rings (SSSR count). The van der Waals surface area contributed by atoms with Crippen LogP contribution in [0, 0.1) is 0 Å². The average Bonchev–Trinajstić information content (AvgIpc) is 3.24. The van der Waals surface area contributed by atoms with Crippen LogP contribution in [-0.2, 0) is 9.53 Å². The number of aromatic amines is 1. The molecule has 2 aliphatic rings. The first-order chi connectivity index (χ1) is 14.4. The molecule has 0 aliphatic carbocycles. The number of nitrogens with zero attached hydrogens (tertiary/aromatic N) is 3. The molecule has 2 aliphatic heterocycles. The van der Waals surface area contributed by atoms with Crippen LogP contribution in [0.25, 0.3) is 6.08 Å². The quantitative estimate of drug-likeness (QED) is 0.604. The fourth-order valence-electron chi connectivity index (χ4n) is 3.45. The molecule has 10 heteroatoms. The summed E-state index contributed by atoms with van der Waals surface area (Å²) in [5, 5.41) is 24.7. The summed E-state index contributed by atoms with van der Waals surface area (Å²) in [6.45, 7) is 1.26. The average molecular weight is 412 g/mol. The molecule has 0 unspecified atom stereocenters. The second-order valence-electron chi connectivity index (χ2n) is 7.06. The third-order valence-electron chi connectivity index (χ3n) is 5.05. The summed E-state index contributed by atoms with van der Waals surface area (Å²) in [6.07, 6.45) is 0.111. The summed E-state index contributed by atoms with van der Waals surface area (Å²) < 4.78 is 6.63. The maximum Gasteiger partial charge on any atom is 0.330 e. The van der Waals surface area contributed by atoms with Gasteiger partial charge in [-0.1, -0.05) is 18.2 Å². The molecular formula is C20H20N4O6. The summed E-state index contributed by atoms with van der Waals surface area (Å²) in [6, 6.07) is 8.87. The number of carbonyl (C=O) groups excluding carboxylic acids is 1. The molecule has 3 N–H and O–H groups in total. The van der Waals surface area contributed by atoms with Gasteiger partial charge in [-0.3, -0.25) is 19.1 Å². The van der Waals surface area contributed by atoms with Gasteiger partial charge in [-0.05, 0) is 25.1 Å². The van der Waals surface area contributed by atoms with Gasteiger partial charge in [0.25, 0.3) is 11.5 Å². The van der Waals surface area contributed by atoms with Gasteiger partial charge in [0, 0.05) is 12.6 Å². The number of aromatic nitrogens is 2.